The Morgan fingerprint density at radius 2 is 2.19 bits per heavy atom. The Labute approximate surface area is 106 Å². The molecule has 0 aromatic heterocycles. The molecule has 3 heteroatoms. The van der Waals surface area contributed by atoms with E-state index in [1.807, 2.05) is 12.1 Å². The number of anilines is 1. The summed E-state index contributed by atoms with van der Waals surface area (Å²) in [5.74, 6) is 0. The lowest BCUT2D eigenvalue weighted by atomic mass is 10.2. The molecule has 0 aliphatic heterocycles. The molecule has 1 aromatic rings. The summed E-state index contributed by atoms with van der Waals surface area (Å²) in [7, 11) is 0. The van der Waals surface area contributed by atoms with E-state index in [0.717, 1.165) is 29.8 Å². The van der Waals surface area contributed by atoms with E-state index >= 15 is 0 Å². The van der Waals surface area contributed by atoms with Crippen LogP contribution in [0.4, 0.5) is 5.69 Å². The third kappa shape index (κ3) is 3.99. The standard InChI is InChI=1S/C13H19BrN2/c1-4-16(8-10(2)3)9-11-5-6-12(14)13(15)7-11/h5-7H,2,4,8-9,15H2,1,3H3. The molecule has 0 heterocycles. The summed E-state index contributed by atoms with van der Waals surface area (Å²) in [6, 6.07) is 6.12. The lowest BCUT2D eigenvalue weighted by Gasteiger charge is -2.20. The second-order valence-corrected chi connectivity index (χ2v) is 4.97. The van der Waals surface area contributed by atoms with Gasteiger partial charge in [0.25, 0.3) is 0 Å². The van der Waals surface area contributed by atoms with Gasteiger partial charge in [-0.2, -0.15) is 0 Å². The average Bonchev–Trinajstić information content (AvgIpc) is 2.22. The van der Waals surface area contributed by atoms with Crippen molar-refractivity contribution in [3.05, 3.63) is 40.4 Å². The smallest absolute Gasteiger partial charge is 0.0461 e. The van der Waals surface area contributed by atoms with Crippen molar-refractivity contribution in [1.82, 2.24) is 4.90 Å². The molecule has 0 atom stereocenters. The maximum Gasteiger partial charge on any atom is 0.0461 e. The Hall–Kier alpha value is -0.800. The van der Waals surface area contributed by atoms with Gasteiger partial charge in [0.2, 0.25) is 0 Å². The normalized spacial score (nSPS) is 10.8. The molecule has 0 saturated carbocycles. The number of rotatable bonds is 5. The van der Waals surface area contributed by atoms with Crippen LogP contribution in [0.25, 0.3) is 0 Å². The van der Waals surface area contributed by atoms with Crippen molar-refractivity contribution in [1.29, 1.82) is 0 Å². The van der Waals surface area contributed by atoms with E-state index in [1.165, 1.54) is 11.1 Å². The summed E-state index contributed by atoms with van der Waals surface area (Å²) in [5, 5.41) is 0. The molecule has 0 spiro atoms. The fraction of sp³-hybridized carbons (Fsp3) is 0.385. The topological polar surface area (TPSA) is 29.3 Å². The first-order valence-corrected chi connectivity index (χ1v) is 6.23. The van der Waals surface area contributed by atoms with E-state index in [4.69, 9.17) is 5.73 Å². The lowest BCUT2D eigenvalue weighted by Crippen LogP contribution is -2.24. The Morgan fingerprint density at radius 1 is 1.50 bits per heavy atom. The van der Waals surface area contributed by atoms with Gasteiger partial charge in [0.1, 0.15) is 0 Å². The highest BCUT2D eigenvalue weighted by atomic mass is 79.9. The summed E-state index contributed by atoms with van der Waals surface area (Å²) in [6.07, 6.45) is 0. The molecule has 2 nitrogen and oxygen atoms in total. The van der Waals surface area contributed by atoms with Crippen molar-refractivity contribution in [2.45, 2.75) is 20.4 Å². The van der Waals surface area contributed by atoms with E-state index < -0.39 is 0 Å². The minimum atomic E-state index is 0.795. The quantitative estimate of drug-likeness (QED) is 0.662. The molecule has 88 valence electrons. The zero-order valence-electron chi connectivity index (χ0n) is 9.96. The SMILES string of the molecule is C=C(C)CN(CC)Cc1ccc(Br)c(N)c1. The summed E-state index contributed by atoms with van der Waals surface area (Å²) in [4.78, 5) is 2.34. The summed E-state index contributed by atoms with van der Waals surface area (Å²) in [6.45, 7) is 11.0. The number of nitrogens with zero attached hydrogens (tertiary/aromatic N) is 1. The van der Waals surface area contributed by atoms with Gasteiger partial charge < -0.3 is 5.73 Å². The summed E-state index contributed by atoms with van der Waals surface area (Å²) in [5.41, 5.74) is 9.08. The number of likely N-dealkylation sites (N-methyl/N-ethyl adjacent to an activating group) is 1. The first kappa shape index (κ1) is 13.3. The monoisotopic (exact) mass is 282 g/mol. The Morgan fingerprint density at radius 3 is 2.69 bits per heavy atom. The van der Waals surface area contributed by atoms with E-state index in [0.29, 0.717) is 0 Å². The van der Waals surface area contributed by atoms with Crippen molar-refractivity contribution >= 4 is 21.6 Å². The second-order valence-electron chi connectivity index (χ2n) is 4.12. The predicted molar refractivity (Wildman–Crippen MR) is 74.3 cm³/mol. The highest BCUT2D eigenvalue weighted by Gasteiger charge is 2.05. The molecule has 0 aliphatic rings. The van der Waals surface area contributed by atoms with Gasteiger partial charge in [-0.05, 0) is 47.1 Å². The van der Waals surface area contributed by atoms with Gasteiger partial charge in [0, 0.05) is 23.2 Å². The van der Waals surface area contributed by atoms with Gasteiger partial charge in [-0.25, -0.2) is 0 Å². The van der Waals surface area contributed by atoms with Crippen LogP contribution < -0.4 is 5.73 Å². The number of hydrogen-bond acceptors (Lipinski definition) is 2. The molecule has 2 N–H and O–H groups in total. The first-order chi connectivity index (χ1) is 7.52. The first-order valence-electron chi connectivity index (χ1n) is 5.43. The van der Waals surface area contributed by atoms with Gasteiger partial charge >= 0.3 is 0 Å². The largest absolute Gasteiger partial charge is 0.398 e. The number of halogens is 1. The van der Waals surface area contributed by atoms with Crippen LogP contribution in [0.15, 0.2) is 34.8 Å². The highest BCUT2D eigenvalue weighted by Crippen LogP contribution is 2.21. The van der Waals surface area contributed by atoms with E-state index in [1.54, 1.807) is 0 Å². The number of benzene rings is 1. The molecule has 0 fully saturated rings. The molecule has 1 aromatic carbocycles. The molecule has 0 aliphatic carbocycles. The second kappa shape index (κ2) is 6.06. The van der Waals surface area contributed by atoms with Gasteiger partial charge in [-0.1, -0.05) is 25.1 Å². The van der Waals surface area contributed by atoms with E-state index in [9.17, 15) is 0 Å². The van der Waals surface area contributed by atoms with Crippen molar-refractivity contribution in [2.75, 3.05) is 18.8 Å². The fourth-order valence-electron chi connectivity index (χ4n) is 1.61. The third-order valence-electron chi connectivity index (χ3n) is 2.41. The Kier molecular flexibility index (Phi) is 5.03. The van der Waals surface area contributed by atoms with Crippen LogP contribution in [0.3, 0.4) is 0 Å². The van der Waals surface area contributed by atoms with Crippen LogP contribution in [0.2, 0.25) is 0 Å². The third-order valence-corrected chi connectivity index (χ3v) is 3.13. The molecule has 0 bridgehead atoms. The van der Waals surface area contributed by atoms with Crippen LogP contribution in [-0.2, 0) is 6.54 Å². The highest BCUT2D eigenvalue weighted by molar-refractivity contribution is 9.10. The van der Waals surface area contributed by atoms with Crippen LogP contribution in [0, 0.1) is 0 Å². The van der Waals surface area contributed by atoms with Gasteiger partial charge in [-0.15, -0.1) is 0 Å². The maximum atomic E-state index is 5.86. The zero-order chi connectivity index (χ0) is 12.1. The maximum absolute atomic E-state index is 5.86. The fourth-order valence-corrected chi connectivity index (χ4v) is 1.86. The number of nitrogens with two attached hydrogens (primary N) is 1. The molecule has 16 heavy (non-hydrogen) atoms. The predicted octanol–water partition coefficient (Wildman–Crippen LogP) is 3.43. The summed E-state index contributed by atoms with van der Waals surface area (Å²) >= 11 is 3.40. The Bertz CT molecular complexity index is 374. The molecular weight excluding hydrogens is 264 g/mol. The minimum Gasteiger partial charge on any atom is -0.398 e. The summed E-state index contributed by atoms with van der Waals surface area (Å²) < 4.78 is 0.958. The van der Waals surface area contributed by atoms with Crippen molar-refractivity contribution in [3.8, 4) is 0 Å². The lowest BCUT2D eigenvalue weighted by molar-refractivity contribution is 0.304. The van der Waals surface area contributed by atoms with Crippen LogP contribution in [-0.4, -0.2) is 18.0 Å². The molecule has 0 amide bonds. The van der Waals surface area contributed by atoms with Crippen LogP contribution in [0.5, 0.6) is 0 Å². The molecule has 0 saturated heterocycles. The van der Waals surface area contributed by atoms with Crippen LogP contribution >= 0.6 is 15.9 Å². The number of nitrogen functional groups attached to an aromatic ring is 1. The van der Waals surface area contributed by atoms with Crippen LogP contribution in [0.1, 0.15) is 19.4 Å². The van der Waals surface area contributed by atoms with Crippen molar-refractivity contribution in [3.63, 3.8) is 0 Å². The Balaban J connectivity index is 2.70. The van der Waals surface area contributed by atoms with Crippen molar-refractivity contribution < 1.29 is 0 Å². The zero-order valence-corrected chi connectivity index (χ0v) is 11.5. The van der Waals surface area contributed by atoms with Gasteiger partial charge in [0.05, 0.1) is 0 Å². The van der Waals surface area contributed by atoms with E-state index in [-0.39, 0.29) is 0 Å². The molecule has 1 rings (SSSR count). The molecule has 0 radical (unpaired) electrons. The van der Waals surface area contributed by atoms with Gasteiger partial charge in [0.15, 0.2) is 0 Å². The number of hydrogen-bond donors (Lipinski definition) is 1. The van der Waals surface area contributed by atoms with E-state index in [2.05, 4.69) is 47.3 Å². The molecule has 0 unspecified atom stereocenters. The minimum absolute atomic E-state index is 0.795. The van der Waals surface area contributed by atoms with Gasteiger partial charge in [-0.3, -0.25) is 4.90 Å². The average molecular weight is 283 g/mol. The molecular formula is C13H19BrN2. The van der Waals surface area contributed by atoms with Crippen molar-refractivity contribution in [2.24, 2.45) is 0 Å².